The predicted molar refractivity (Wildman–Crippen MR) is 112 cm³/mol. The highest BCUT2D eigenvalue weighted by Crippen LogP contribution is 2.51. The van der Waals surface area contributed by atoms with Gasteiger partial charge >= 0.3 is 5.97 Å². The Kier molecular flexibility index (Phi) is 5.42. The Balaban J connectivity index is 1.90. The van der Waals surface area contributed by atoms with Gasteiger partial charge in [0.25, 0.3) is 11.4 Å². The van der Waals surface area contributed by atoms with Crippen molar-refractivity contribution in [2.24, 2.45) is 0 Å². The molecule has 0 unspecified atom stereocenters. The molecule has 2 aromatic carbocycles. The number of methoxy groups -OCH3 is 1. The van der Waals surface area contributed by atoms with Gasteiger partial charge < -0.3 is 14.4 Å². The summed E-state index contributed by atoms with van der Waals surface area (Å²) in [6.07, 6.45) is -1.05. The maximum Gasteiger partial charge on any atom is 0.326 e. The Bertz CT molecular complexity index is 1140. The van der Waals surface area contributed by atoms with Crippen molar-refractivity contribution in [2.45, 2.75) is 24.1 Å². The van der Waals surface area contributed by atoms with Crippen LogP contribution in [0.3, 0.4) is 0 Å². The Hall–Kier alpha value is -3.38. The molecule has 0 aliphatic carbocycles. The number of rotatable bonds is 5. The summed E-state index contributed by atoms with van der Waals surface area (Å²) >= 11 is 3.03. The number of amides is 1. The summed E-state index contributed by atoms with van der Waals surface area (Å²) in [5.74, 6) is -1.72. The maximum absolute atomic E-state index is 13.8. The van der Waals surface area contributed by atoms with Crippen molar-refractivity contribution in [3.05, 3.63) is 78.3 Å². The van der Waals surface area contributed by atoms with Crippen LogP contribution in [0.15, 0.2) is 46.9 Å². The molecule has 0 radical (unpaired) electrons. The van der Waals surface area contributed by atoms with Crippen LogP contribution in [0.1, 0.15) is 23.6 Å². The Morgan fingerprint density at radius 2 is 1.84 bits per heavy atom. The number of nitro benzene ring substituents is 2. The molecule has 0 bridgehead atoms. The number of benzene rings is 2. The first-order valence-electron chi connectivity index (χ1n) is 9.43. The van der Waals surface area contributed by atoms with Gasteiger partial charge in [-0.05, 0) is 27.6 Å². The third-order valence-electron chi connectivity index (χ3n) is 5.81. The predicted octanol–water partition coefficient (Wildman–Crippen LogP) is 3.01. The van der Waals surface area contributed by atoms with Crippen LogP contribution < -0.4 is 0 Å². The Morgan fingerprint density at radius 1 is 1.19 bits per heavy atom. The van der Waals surface area contributed by atoms with Crippen molar-refractivity contribution in [2.75, 3.05) is 13.7 Å². The number of nitrogens with zero attached hydrogens (tertiary/aromatic N) is 3. The fraction of sp³-hybridized carbons (Fsp3) is 0.300. The maximum atomic E-state index is 13.8. The van der Waals surface area contributed by atoms with E-state index in [4.69, 9.17) is 9.47 Å². The molecule has 2 saturated heterocycles. The van der Waals surface area contributed by atoms with E-state index in [2.05, 4.69) is 15.9 Å². The summed E-state index contributed by atoms with van der Waals surface area (Å²) < 4.78 is 10.6. The van der Waals surface area contributed by atoms with Crippen LogP contribution in [0.4, 0.5) is 11.4 Å². The molecular formula is C20H16BrN3O8. The molecule has 4 rings (SSSR count). The third-order valence-corrected chi connectivity index (χ3v) is 6.44. The van der Waals surface area contributed by atoms with Gasteiger partial charge in [-0.2, -0.15) is 0 Å². The summed E-state index contributed by atoms with van der Waals surface area (Å²) in [6.45, 7) is 0.198. The zero-order valence-electron chi connectivity index (χ0n) is 16.6. The molecule has 3 atom stereocenters. The molecule has 0 spiro atoms. The lowest BCUT2D eigenvalue weighted by Gasteiger charge is -2.27. The van der Waals surface area contributed by atoms with E-state index in [1.165, 1.54) is 4.90 Å². The molecule has 2 aliphatic heterocycles. The second kappa shape index (κ2) is 7.95. The van der Waals surface area contributed by atoms with E-state index >= 15 is 0 Å². The molecule has 1 amide bonds. The first-order valence-corrected chi connectivity index (χ1v) is 10.2. The van der Waals surface area contributed by atoms with Crippen LogP contribution in [0, 0.1) is 20.2 Å². The van der Waals surface area contributed by atoms with E-state index < -0.39 is 50.8 Å². The Morgan fingerprint density at radius 3 is 2.44 bits per heavy atom. The number of fused-ring (bicyclic) bond motifs is 1. The van der Waals surface area contributed by atoms with Crippen LogP contribution in [0.25, 0.3) is 0 Å². The highest BCUT2D eigenvalue weighted by molar-refractivity contribution is 9.10. The molecule has 2 fully saturated rings. The molecule has 2 heterocycles. The molecular weight excluding hydrogens is 490 g/mol. The van der Waals surface area contributed by atoms with Gasteiger partial charge in [0.1, 0.15) is 6.23 Å². The normalized spacial score (nSPS) is 24.3. The van der Waals surface area contributed by atoms with E-state index in [1.54, 1.807) is 12.1 Å². The number of esters is 1. The van der Waals surface area contributed by atoms with Crippen LogP contribution >= 0.6 is 15.9 Å². The summed E-state index contributed by atoms with van der Waals surface area (Å²) in [6, 6.07) is 10.4. The zero-order valence-corrected chi connectivity index (χ0v) is 18.2. The van der Waals surface area contributed by atoms with Crippen LogP contribution in [0.5, 0.6) is 0 Å². The van der Waals surface area contributed by atoms with E-state index in [-0.39, 0.29) is 23.1 Å². The number of carbonyl (C=O) groups is 2. The SMILES string of the molecule is COC(=O)[C@]1(c2cc(Br)c([N+](=O)[O-])cc2[N+](=O)[O-])C[C@@H]2OC[C@@H](c3ccccc3)N2C1=O. The van der Waals surface area contributed by atoms with Crippen molar-refractivity contribution in [3.8, 4) is 0 Å². The summed E-state index contributed by atoms with van der Waals surface area (Å²) in [4.78, 5) is 49.6. The van der Waals surface area contributed by atoms with Crippen molar-refractivity contribution in [1.82, 2.24) is 4.90 Å². The van der Waals surface area contributed by atoms with Gasteiger partial charge in [-0.25, -0.2) is 0 Å². The first kappa shape index (κ1) is 21.8. The lowest BCUT2D eigenvalue weighted by atomic mass is 9.77. The number of ether oxygens (including phenoxy) is 2. The minimum absolute atomic E-state index is 0.105. The zero-order chi connectivity index (χ0) is 23.2. The van der Waals surface area contributed by atoms with Crippen LogP contribution in [0.2, 0.25) is 0 Å². The topological polar surface area (TPSA) is 142 Å². The van der Waals surface area contributed by atoms with Gasteiger partial charge in [0.15, 0.2) is 5.41 Å². The largest absolute Gasteiger partial charge is 0.468 e. The minimum atomic E-state index is -2.09. The molecule has 12 heteroatoms. The molecule has 0 saturated carbocycles. The molecule has 32 heavy (non-hydrogen) atoms. The molecule has 2 aromatic rings. The van der Waals surface area contributed by atoms with Gasteiger partial charge in [-0.1, -0.05) is 30.3 Å². The van der Waals surface area contributed by atoms with Gasteiger partial charge in [0.2, 0.25) is 5.91 Å². The summed E-state index contributed by atoms with van der Waals surface area (Å²) in [5, 5.41) is 23.1. The smallest absolute Gasteiger partial charge is 0.326 e. The lowest BCUT2D eigenvalue weighted by Crippen LogP contribution is -2.46. The number of halogens is 1. The molecule has 11 nitrogen and oxygen atoms in total. The van der Waals surface area contributed by atoms with Gasteiger partial charge in [-0.3, -0.25) is 29.8 Å². The van der Waals surface area contributed by atoms with Gasteiger partial charge in [0.05, 0.1) is 45.7 Å². The van der Waals surface area contributed by atoms with Gasteiger partial charge in [0, 0.05) is 6.42 Å². The summed E-state index contributed by atoms with van der Waals surface area (Å²) in [5.41, 5.74) is -2.89. The minimum Gasteiger partial charge on any atom is -0.468 e. The van der Waals surface area contributed by atoms with E-state index in [9.17, 15) is 29.8 Å². The number of nitro groups is 2. The van der Waals surface area contributed by atoms with Crippen LogP contribution in [-0.2, 0) is 24.5 Å². The average Bonchev–Trinajstić information content (AvgIpc) is 3.31. The van der Waals surface area contributed by atoms with Gasteiger partial charge in [-0.15, -0.1) is 0 Å². The molecule has 166 valence electrons. The van der Waals surface area contributed by atoms with E-state index in [0.29, 0.717) is 0 Å². The molecule has 0 aromatic heterocycles. The molecule has 0 N–H and O–H groups in total. The monoisotopic (exact) mass is 505 g/mol. The Labute approximate surface area is 189 Å². The number of hydrogen-bond donors (Lipinski definition) is 0. The fourth-order valence-electron chi connectivity index (χ4n) is 4.36. The summed E-state index contributed by atoms with van der Waals surface area (Å²) in [7, 11) is 1.07. The first-order chi connectivity index (χ1) is 15.2. The number of carbonyl (C=O) groups excluding carboxylic acids is 2. The average molecular weight is 506 g/mol. The van der Waals surface area contributed by atoms with Crippen molar-refractivity contribution < 1.29 is 28.9 Å². The van der Waals surface area contributed by atoms with Crippen molar-refractivity contribution in [1.29, 1.82) is 0 Å². The highest BCUT2D eigenvalue weighted by Gasteiger charge is 2.64. The van der Waals surface area contributed by atoms with Crippen molar-refractivity contribution in [3.63, 3.8) is 0 Å². The second-order valence-corrected chi connectivity index (χ2v) is 8.22. The van der Waals surface area contributed by atoms with Crippen molar-refractivity contribution >= 4 is 39.2 Å². The fourth-order valence-corrected chi connectivity index (χ4v) is 4.85. The lowest BCUT2D eigenvalue weighted by molar-refractivity contribution is -0.395. The van der Waals surface area contributed by atoms with E-state index in [1.807, 2.05) is 18.2 Å². The van der Waals surface area contributed by atoms with E-state index in [0.717, 1.165) is 24.8 Å². The van der Waals surface area contributed by atoms with Crippen LogP contribution in [-0.4, -0.2) is 46.6 Å². The second-order valence-electron chi connectivity index (χ2n) is 7.36. The number of hydrogen-bond acceptors (Lipinski definition) is 8. The standard InChI is InChI=1S/C20H16BrN3O8/c1-31-19(26)20(12-7-13(21)15(24(29)30)8-14(12)23(27)28)9-17-22(18(20)25)16(10-32-17)11-5-3-2-4-6-11/h2-8,16-17H,9-10H2,1H3/t16-,17-,20-/m0/s1. The highest BCUT2D eigenvalue weighted by atomic mass is 79.9. The third kappa shape index (κ3) is 3.14. The quantitative estimate of drug-likeness (QED) is 0.261. The molecule has 2 aliphatic rings.